The van der Waals surface area contributed by atoms with Gasteiger partial charge in [0.25, 0.3) is 0 Å². The molecule has 0 spiro atoms. The molecule has 0 aliphatic carbocycles. The molecule has 1 N–H and O–H groups in total. The number of rotatable bonds is 5. The number of thioether (sulfide) groups is 1. The standard InChI is InChI=1S/C14H30N2S/c1-13(2,3)15-8-6-7-9-16-10-11-17-14(4,5)12-16/h15H,6-12H2,1-5H3. The van der Waals surface area contributed by atoms with Crippen molar-refractivity contribution in [3.8, 4) is 0 Å². The minimum Gasteiger partial charge on any atom is -0.312 e. The minimum atomic E-state index is 0.268. The fourth-order valence-electron chi connectivity index (χ4n) is 2.23. The predicted molar refractivity (Wildman–Crippen MR) is 80.0 cm³/mol. The van der Waals surface area contributed by atoms with E-state index in [1.54, 1.807) is 0 Å². The molecular weight excluding hydrogens is 228 g/mol. The molecule has 1 rings (SSSR count). The average molecular weight is 258 g/mol. The van der Waals surface area contributed by atoms with Gasteiger partial charge in [0.2, 0.25) is 0 Å². The van der Waals surface area contributed by atoms with Gasteiger partial charge in [-0.25, -0.2) is 0 Å². The Kier molecular flexibility index (Phi) is 5.81. The molecule has 0 amide bonds. The lowest BCUT2D eigenvalue weighted by Crippen LogP contribution is -2.43. The first-order valence-corrected chi connectivity index (χ1v) is 7.88. The highest BCUT2D eigenvalue weighted by Crippen LogP contribution is 2.29. The number of hydrogen-bond donors (Lipinski definition) is 1. The first-order valence-electron chi connectivity index (χ1n) is 6.90. The Labute approximate surface area is 112 Å². The molecule has 3 heteroatoms. The maximum atomic E-state index is 3.55. The van der Waals surface area contributed by atoms with Crippen LogP contribution in [0.1, 0.15) is 47.5 Å². The molecule has 0 atom stereocenters. The Hall–Kier alpha value is 0.270. The van der Waals surface area contributed by atoms with Crippen LogP contribution in [0.2, 0.25) is 0 Å². The molecule has 0 bridgehead atoms. The minimum absolute atomic E-state index is 0.268. The zero-order valence-electron chi connectivity index (χ0n) is 12.3. The average Bonchev–Trinajstić information content (AvgIpc) is 2.13. The van der Waals surface area contributed by atoms with E-state index in [1.165, 1.54) is 38.2 Å². The molecule has 102 valence electrons. The monoisotopic (exact) mass is 258 g/mol. The van der Waals surface area contributed by atoms with Crippen LogP contribution in [0.5, 0.6) is 0 Å². The lowest BCUT2D eigenvalue weighted by molar-refractivity contribution is 0.254. The molecule has 0 aromatic carbocycles. The summed E-state index contributed by atoms with van der Waals surface area (Å²) in [5.41, 5.74) is 0.268. The second-order valence-electron chi connectivity index (χ2n) is 6.77. The third-order valence-corrected chi connectivity index (χ3v) is 4.36. The van der Waals surface area contributed by atoms with Crippen molar-refractivity contribution in [2.24, 2.45) is 0 Å². The number of unbranched alkanes of at least 4 members (excludes halogenated alkanes) is 1. The normalized spacial score (nSPS) is 21.7. The quantitative estimate of drug-likeness (QED) is 0.763. The van der Waals surface area contributed by atoms with Gasteiger partial charge >= 0.3 is 0 Å². The Balaban J connectivity index is 2.07. The van der Waals surface area contributed by atoms with Crippen molar-refractivity contribution in [1.82, 2.24) is 10.2 Å². The summed E-state index contributed by atoms with van der Waals surface area (Å²) in [4.78, 5) is 2.63. The van der Waals surface area contributed by atoms with Crippen LogP contribution >= 0.6 is 11.8 Å². The molecule has 2 nitrogen and oxygen atoms in total. The number of nitrogens with zero attached hydrogens (tertiary/aromatic N) is 1. The van der Waals surface area contributed by atoms with Gasteiger partial charge in [-0.2, -0.15) is 11.8 Å². The smallest absolute Gasteiger partial charge is 0.0231 e. The summed E-state index contributed by atoms with van der Waals surface area (Å²) in [6.07, 6.45) is 2.62. The summed E-state index contributed by atoms with van der Waals surface area (Å²) in [6.45, 7) is 16.4. The molecule has 1 saturated heterocycles. The van der Waals surface area contributed by atoms with Crippen molar-refractivity contribution in [3.05, 3.63) is 0 Å². The Morgan fingerprint density at radius 3 is 2.53 bits per heavy atom. The maximum Gasteiger partial charge on any atom is 0.0231 e. The molecular formula is C14H30N2S. The van der Waals surface area contributed by atoms with Crippen molar-refractivity contribution in [2.75, 3.05) is 31.9 Å². The van der Waals surface area contributed by atoms with Gasteiger partial charge in [0.15, 0.2) is 0 Å². The Morgan fingerprint density at radius 2 is 1.94 bits per heavy atom. The van der Waals surface area contributed by atoms with Gasteiger partial charge in [-0.3, -0.25) is 0 Å². The third kappa shape index (κ3) is 7.32. The third-order valence-electron chi connectivity index (χ3n) is 3.06. The van der Waals surface area contributed by atoms with E-state index >= 15 is 0 Å². The lowest BCUT2D eigenvalue weighted by Gasteiger charge is -2.37. The van der Waals surface area contributed by atoms with Crippen LogP contribution in [0, 0.1) is 0 Å². The summed E-state index contributed by atoms with van der Waals surface area (Å²) < 4.78 is 0.460. The first-order chi connectivity index (χ1) is 7.79. The largest absolute Gasteiger partial charge is 0.312 e. The van der Waals surface area contributed by atoms with Gasteiger partial charge in [0.1, 0.15) is 0 Å². The topological polar surface area (TPSA) is 15.3 Å². The fraction of sp³-hybridized carbons (Fsp3) is 1.00. The van der Waals surface area contributed by atoms with Crippen LogP contribution in [0.4, 0.5) is 0 Å². The van der Waals surface area contributed by atoms with E-state index in [9.17, 15) is 0 Å². The zero-order valence-corrected chi connectivity index (χ0v) is 13.1. The van der Waals surface area contributed by atoms with E-state index in [2.05, 4.69) is 56.6 Å². The van der Waals surface area contributed by atoms with Crippen molar-refractivity contribution in [2.45, 2.75) is 57.7 Å². The molecule has 1 aliphatic rings. The van der Waals surface area contributed by atoms with Gasteiger partial charge in [0.05, 0.1) is 0 Å². The molecule has 0 unspecified atom stereocenters. The van der Waals surface area contributed by atoms with E-state index in [1.807, 2.05) is 0 Å². The summed E-state index contributed by atoms with van der Waals surface area (Å²) >= 11 is 2.12. The second kappa shape index (κ2) is 6.44. The molecule has 0 aromatic rings. The molecule has 0 saturated carbocycles. The number of hydrogen-bond acceptors (Lipinski definition) is 3. The highest BCUT2D eigenvalue weighted by atomic mass is 32.2. The fourth-order valence-corrected chi connectivity index (χ4v) is 3.40. The summed E-state index contributed by atoms with van der Waals surface area (Å²) in [5.74, 6) is 1.30. The van der Waals surface area contributed by atoms with Crippen LogP contribution in [0.15, 0.2) is 0 Å². The van der Waals surface area contributed by atoms with Crippen molar-refractivity contribution >= 4 is 11.8 Å². The molecule has 0 radical (unpaired) electrons. The first kappa shape index (κ1) is 15.3. The van der Waals surface area contributed by atoms with Gasteiger partial charge in [-0.15, -0.1) is 0 Å². The number of nitrogens with one attached hydrogen (secondary N) is 1. The Morgan fingerprint density at radius 1 is 1.24 bits per heavy atom. The molecule has 17 heavy (non-hydrogen) atoms. The van der Waals surface area contributed by atoms with Crippen LogP contribution < -0.4 is 5.32 Å². The lowest BCUT2D eigenvalue weighted by atomic mass is 10.1. The summed E-state index contributed by atoms with van der Waals surface area (Å²) in [7, 11) is 0. The predicted octanol–water partition coefficient (Wildman–Crippen LogP) is 2.98. The Bertz CT molecular complexity index is 221. The van der Waals surface area contributed by atoms with E-state index in [0.29, 0.717) is 4.75 Å². The van der Waals surface area contributed by atoms with Crippen molar-refractivity contribution in [1.29, 1.82) is 0 Å². The van der Waals surface area contributed by atoms with Crippen LogP contribution in [0.3, 0.4) is 0 Å². The van der Waals surface area contributed by atoms with E-state index in [4.69, 9.17) is 0 Å². The summed E-state index contributed by atoms with van der Waals surface area (Å²) in [5, 5.41) is 3.55. The molecule has 0 aromatic heterocycles. The van der Waals surface area contributed by atoms with Gasteiger partial charge in [0, 0.05) is 29.1 Å². The van der Waals surface area contributed by atoms with E-state index in [-0.39, 0.29) is 5.54 Å². The van der Waals surface area contributed by atoms with Gasteiger partial charge < -0.3 is 10.2 Å². The second-order valence-corrected chi connectivity index (χ2v) is 8.57. The van der Waals surface area contributed by atoms with Crippen LogP contribution in [-0.2, 0) is 0 Å². The van der Waals surface area contributed by atoms with Crippen LogP contribution in [-0.4, -0.2) is 47.1 Å². The molecule has 1 aliphatic heterocycles. The SMILES string of the molecule is CC(C)(C)NCCCCN1CCSC(C)(C)C1. The molecule has 1 fully saturated rings. The van der Waals surface area contributed by atoms with Gasteiger partial charge in [-0.1, -0.05) is 0 Å². The van der Waals surface area contributed by atoms with E-state index in [0.717, 1.165) is 6.54 Å². The highest BCUT2D eigenvalue weighted by Gasteiger charge is 2.26. The summed E-state index contributed by atoms with van der Waals surface area (Å²) in [6, 6.07) is 0. The van der Waals surface area contributed by atoms with Crippen LogP contribution in [0.25, 0.3) is 0 Å². The van der Waals surface area contributed by atoms with Gasteiger partial charge in [-0.05, 0) is 60.5 Å². The highest BCUT2D eigenvalue weighted by molar-refractivity contribution is 8.00. The van der Waals surface area contributed by atoms with Crippen molar-refractivity contribution in [3.63, 3.8) is 0 Å². The maximum absolute atomic E-state index is 3.55. The van der Waals surface area contributed by atoms with Crippen molar-refractivity contribution < 1.29 is 0 Å². The zero-order chi connectivity index (χ0) is 12.9. The van der Waals surface area contributed by atoms with E-state index < -0.39 is 0 Å². The molecule has 1 heterocycles.